The number of quaternary nitrogens is 1. The molecule has 0 aromatic rings. The summed E-state index contributed by atoms with van der Waals surface area (Å²) in [6.07, 6.45) is 94.7. The largest absolute Gasteiger partial charge is 0.472 e. The summed E-state index contributed by atoms with van der Waals surface area (Å²) in [5, 5.41) is 14.0. The van der Waals surface area contributed by atoms with Gasteiger partial charge >= 0.3 is 7.82 Å². The highest BCUT2D eigenvalue weighted by atomic mass is 31.2. The van der Waals surface area contributed by atoms with Crippen molar-refractivity contribution in [3.05, 3.63) is 122 Å². The number of allylic oxidation sites excluding steroid dienone is 19. The van der Waals surface area contributed by atoms with Crippen LogP contribution in [-0.2, 0) is 18.4 Å². The predicted molar refractivity (Wildman–Crippen MR) is 364 cm³/mol. The standard InChI is InChI=1S/C74H131N2O6P/c1-6-8-10-12-14-16-18-20-22-24-26-28-30-32-33-34-35-36-37-38-39-40-41-42-43-44-46-48-50-52-54-56-58-60-62-64-66-68-74(78)75-72(71-82-83(79,80)81-70-69-76(3,4)5)73(77)67-65-63-61-59-57-55-53-51-49-47-45-31-29-27-25-23-21-19-17-15-13-11-9-7-2/h8,10,14,16,20,22,26,28,32-33,35-36,38-39,41-42,44,46,65,67,72-73,77H,6-7,9,11-13,15,17-19,21,23-25,27,29-31,34,37,40,43,45,47-64,66,68-71H2,1-5H3,(H-,75,78,79,80)/p+1/b10-8-,16-14-,22-20-,28-26-,33-32-,36-35-,39-38-,42-41-,46-44-,67-65+. The van der Waals surface area contributed by atoms with Gasteiger partial charge in [-0.1, -0.05) is 315 Å². The fourth-order valence-corrected chi connectivity index (χ4v) is 10.4. The molecular weight excluding hydrogens is 1040 g/mol. The highest BCUT2D eigenvalue weighted by Gasteiger charge is 2.28. The molecule has 0 radical (unpaired) electrons. The van der Waals surface area contributed by atoms with Crippen LogP contribution < -0.4 is 5.32 Å². The van der Waals surface area contributed by atoms with E-state index in [9.17, 15) is 19.4 Å². The molecule has 3 N–H and O–H groups in total. The minimum Gasteiger partial charge on any atom is -0.387 e. The number of nitrogens with one attached hydrogen (secondary N) is 1. The Balaban J connectivity index is 4.15. The number of phosphoric ester groups is 1. The topological polar surface area (TPSA) is 105 Å². The zero-order chi connectivity index (χ0) is 60.5. The van der Waals surface area contributed by atoms with E-state index in [-0.39, 0.29) is 19.1 Å². The van der Waals surface area contributed by atoms with Crippen LogP contribution in [0.15, 0.2) is 122 Å². The van der Waals surface area contributed by atoms with E-state index in [4.69, 9.17) is 9.05 Å². The second kappa shape index (κ2) is 63.4. The van der Waals surface area contributed by atoms with Gasteiger partial charge in [0.25, 0.3) is 0 Å². The molecule has 0 aromatic heterocycles. The van der Waals surface area contributed by atoms with Crippen LogP contribution in [0.2, 0.25) is 0 Å². The molecule has 83 heavy (non-hydrogen) atoms. The average Bonchev–Trinajstić information content (AvgIpc) is 3.50. The molecule has 0 rings (SSSR count). The second-order valence-corrected chi connectivity index (χ2v) is 25.6. The number of unbranched alkanes of at least 4 members (excludes halogenated alkanes) is 31. The van der Waals surface area contributed by atoms with E-state index in [1.165, 1.54) is 167 Å². The maximum absolute atomic E-state index is 13.0. The molecule has 8 nitrogen and oxygen atoms in total. The van der Waals surface area contributed by atoms with Crippen molar-refractivity contribution in [3.63, 3.8) is 0 Å². The van der Waals surface area contributed by atoms with Crippen LogP contribution in [0.1, 0.15) is 290 Å². The number of nitrogens with zero attached hydrogens (tertiary/aromatic N) is 1. The third kappa shape index (κ3) is 66.3. The van der Waals surface area contributed by atoms with Crippen molar-refractivity contribution in [1.29, 1.82) is 0 Å². The SMILES string of the molecule is CC/C=C\C/C=C\C/C=C\C/C=C\C/C=C\C/C=C\C/C=C\C/C=C\C/C=C\CCCCCCCCCCCC(=O)NC(COP(=O)(O)OCC[N+](C)(C)C)C(O)/C=C/CCCCCCCCCCCCCCCCCCCCCCCC. The fraction of sp³-hybridized carbons (Fsp3) is 0.716. The molecule has 1 amide bonds. The van der Waals surface area contributed by atoms with Gasteiger partial charge in [-0.2, -0.15) is 0 Å². The summed E-state index contributed by atoms with van der Waals surface area (Å²) < 4.78 is 23.8. The molecule has 0 aliphatic carbocycles. The minimum absolute atomic E-state index is 0.0553. The normalized spacial score (nSPS) is 14.4. The zero-order valence-corrected chi connectivity index (χ0v) is 55.5. The van der Waals surface area contributed by atoms with Gasteiger partial charge in [0.15, 0.2) is 0 Å². The molecule has 478 valence electrons. The average molecular weight is 1180 g/mol. The summed E-state index contributed by atoms with van der Waals surface area (Å²) in [7, 11) is 1.56. The van der Waals surface area contributed by atoms with Gasteiger partial charge in [-0.3, -0.25) is 13.8 Å². The van der Waals surface area contributed by atoms with E-state index >= 15 is 0 Å². The number of aliphatic hydroxyl groups is 1. The summed E-state index contributed by atoms with van der Waals surface area (Å²) in [6.45, 7) is 4.72. The van der Waals surface area contributed by atoms with E-state index in [1.807, 2.05) is 27.2 Å². The number of amides is 1. The van der Waals surface area contributed by atoms with Gasteiger partial charge < -0.3 is 19.8 Å². The molecule has 0 bridgehead atoms. The minimum atomic E-state index is -4.36. The Kier molecular flexibility index (Phi) is 61.0. The van der Waals surface area contributed by atoms with Gasteiger partial charge in [0.2, 0.25) is 5.91 Å². The third-order valence-corrected chi connectivity index (χ3v) is 15.9. The number of hydrogen-bond acceptors (Lipinski definition) is 5. The molecule has 0 aromatic carbocycles. The number of carbonyl (C=O) groups excluding carboxylic acids is 1. The van der Waals surface area contributed by atoms with Crippen LogP contribution in [0.25, 0.3) is 0 Å². The first-order valence-corrected chi connectivity index (χ1v) is 35.9. The molecule has 3 atom stereocenters. The number of carbonyl (C=O) groups is 1. The molecule has 0 saturated heterocycles. The lowest BCUT2D eigenvalue weighted by molar-refractivity contribution is -0.870. The number of rotatable bonds is 62. The Morgan fingerprint density at radius 3 is 1.06 bits per heavy atom. The van der Waals surface area contributed by atoms with E-state index in [0.29, 0.717) is 17.4 Å². The molecule has 9 heteroatoms. The third-order valence-electron chi connectivity index (χ3n) is 14.9. The molecule has 0 heterocycles. The first kappa shape index (κ1) is 79.9. The van der Waals surface area contributed by atoms with E-state index < -0.39 is 20.0 Å². The lowest BCUT2D eigenvalue weighted by Gasteiger charge is -2.25. The van der Waals surface area contributed by atoms with Crippen molar-refractivity contribution in [2.45, 2.75) is 302 Å². The Bertz CT molecular complexity index is 1770. The van der Waals surface area contributed by atoms with Crippen LogP contribution in [0.4, 0.5) is 0 Å². The van der Waals surface area contributed by atoms with Gasteiger partial charge in [-0.05, 0) is 89.9 Å². The van der Waals surface area contributed by atoms with Crippen LogP contribution in [-0.4, -0.2) is 73.4 Å². The first-order chi connectivity index (χ1) is 40.5. The highest BCUT2D eigenvalue weighted by Crippen LogP contribution is 2.43. The number of aliphatic hydroxyl groups excluding tert-OH is 1. The summed E-state index contributed by atoms with van der Waals surface area (Å²) in [5.41, 5.74) is 0. The van der Waals surface area contributed by atoms with Crippen molar-refractivity contribution in [2.24, 2.45) is 0 Å². The van der Waals surface area contributed by atoms with Crippen molar-refractivity contribution in [3.8, 4) is 0 Å². The van der Waals surface area contributed by atoms with Crippen molar-refractivity contribution >= 4 is 13.7 Å². The van der Waals surface area contributed by atoms with Gasteiger partial charge in [-0.25, -0.2) is 4.57 Å². The predicted octanol–water partition coefficient (Wildman–Crippen LogP) is 22.0. The molecule has 0 fully saturated rings. The van der Waals surface area contributed by atoms with Crippen LogP contribution in [0, 0.1) is 0 Å². The number of hydrogen-bond donors (Lipinski definition) is 3. The van der Waals surface area contributed by atoms with E-state index in [1.54, 1.807) is 6.08 Å². The maximum Gasteiger partial charge on any atom is 0.472 e. The van der Waals surface area contributed by atoms with Crippen LogP contribution in [0.3, 0.4) is 0 Å². The van der Waals surface area contributed by atoms with E-state index in [0.717, 1.165) is 103 Å². The second-order valence-electron chi connectivity index (χ2n) is 24.2. The van der Waals surface area contributed by atoms with Gasteiger partial charge in [0.1, 0.15) is 13.2 Å². The molecule has 0 aliphatic rings. The Hall–Kier alpha value is -3.10. The molecule has 0 aliphatic heterocycles. The number of phosphoric acid groups is 1. The van der Waals surface area contributed by atoms with Gasteiger partial charge in [0.05, 0.1) is 39.9 Å². The maximum atomic E-state index is 13.0. The summed E-state index contributed by atoms with van der Waals surface area (Å²) in [5.74, 6) is -0.185. The lowest BCUT2D eigenvalue weighted by atomic mass is 10.0. The Morgan fingerprint density at radius 2 is 0.723 bits per heavy atom. The van der Waals surface area contributed by atoms with Crippen molar-refractivity contribution in [1.82, 2.24) is 5.32 Å². The van der Waals surface area contributed by atoms with Gasteiger partial charge in [0, 0.05) is 6.42 Å². The van der Waals surface area contributed by atoms with Crippen molar-refractivity contribution in [2.75, 3.05) is 40.9 Å². The lowest BCUT2D eigenvalue weighted by Crippen LogP contribution is -2.45. The molecule has 0 saturated carbocycles. The Morgan fingerprint density at radius 1 is 0.422 bits per heavy atom. The quantitative estimate of drug-likeness (QED) is 0.0243. The first-order valence-electron chi connectivity index (χ1n) is 34.4. The summed E-state index contributed by atoms with van der Waals surface area (Å²) in [4.78, 5) is 23.4. The molecule has 0 spiro atoms. The number of likely N-dealkylation sites (N-methyl/N-ethyl adjacent to an activating group) is 1. The van der Waals surface area contributed by atoms with E-state index in [2.05, 4.69) is 129 Å². The van der Waals surface area contributed by atoms with Crippen LogP contribution in [0.5, 0.6) is 0 Å². The monoisotopic (exact) mass is 1180 g/mol. The highest BCUT2D eigenvalue weighted by molar-refractivity contribution is 7.47. The fourth-order valence-electron chi connectivity index (χ4n) is 9.62. The Labute approximate surface area is 514 Å². The summed E-state index contributed by atoms with van der Waals surface area (Å²) >= 11 is 0. The van der Waals surface area contributed by atoms with Crippen molar-refractivity contribution < 1.29 is 32.9 Å². The zero-order valence-electron chi connectivity index (χ0n) is 54.7. The van der Waals surface area contributed by atoms with Crippen LogP contribution >= 0.6 is 7.82 Å². The molecule has 3 unspecified atom stereocenters. The summed E-state index contributed by atoms with van der Waals surface area (Å²) in [6, 6.07) is -0.860. The molecular formula is C74H132N2O6P+. The van der Waals surface area contributed by atoms with Gasteiger partial charge in [-0.15, -0.1) is 0 Å². The smallest absolute Gasteiger partial charge is 0.387 e.